The molecule has 1 unspecified atom stereocenters. The van der Waals surface area contributed by atoms with Crippen molar-refractivity contribution in [1.82, 2.24) is 4.90 Å². The Morgan fingerprint density at radius 1 is 1.33 bits per heavy atom. The Morgan fingerprint density at radius 3 is 2.87 bits per heavy atom. The van der Waals surface area contributed by atoms with Crippen LogP contribution in [0.1, 0.15) is 32.1 Å². The van der Waals surface area contributed by atoms with E-state index in [1.807, 2.05) is 0 Å². The third kappa shape index (κ3) is 6.44. The van der Waals surface area contributed by atoms with Crippen LogP contribution in [0.15, 0.2) is 0 Å². The summed E-state index contributed by atoms with van der Waals surface area (Å²) in [6.45, 7) is 4.38. The maximum absolute atomic E-state index is 5.49. The van der Waals surface area contributed by atoms with Crippen molar-refractivity contribution in [2.45, 2.75) is 32.1 Å². The summed E-state index contributed by atoms with van der Waals surface area (Å²) in [5.41, 5.74) is 0. The lowest BCUT2D eigenvalue weighted by Gasteiger charge is -2.27. The first-order valence-corrected chi connectivity index (χ1v) is 6.83. The summed E-state index contributed by atoms with van der Waals surface area (Å²) in [7, 11) is 2.23. The monoisotopic (exact) mass is 231 g/mol. The molecule has 1 aliphatic heterocycles. The van der Waals surface area contributed by atoms with Crippen LogP contribution in [0.25, 0.3) is 0 Å². The molecule has 1 fully saturated rings. The van der Waals surface area contributed by atoms with Crippen LogP contribution in [0, 0.1) is 5.92 Å². The van der Waals surface area contributed by atoms with Gasteiger partial charge in [0.25, 0.3) is 0 Å². The molecule has 0 aromatic rings. The molecule has 0 aromatic carbocycles. The molecule has 0 N–H and O–H groups in total. The summed E-state index contributed by atoms with van der Waals surface area (Å²) in [6.07, 6.45) is 6.47. The van der Waals surface area contributed by atoms with E-state index in [1.165, 1.54) is 45.2 Å². The zero-order valence-electron chi connectivity index (χ0n) is 9.95. The minimum atomic E-state index is 0.772. The van der Waals surface area contributed by atoms with E-state index in [9.17, 15) is 0 Å². The Hall–Kier alpha value is 0.270. The second-order valence-corrected chi connectivity index (χ2v) is 5.08. The fraction of sp³-hybridized carbons (Fsp3) is 1.00. The fourth-order valence-electron chi connectivity index (χ4n) is 2.15. The first kappa shape index (κ1) is 13.3. The lowest BCUT2D eigenvalue weighted by molar-refractivity contribution is 0.0419. The highest BCUT2D eigenvalue weighted by atomic mass is 32.1. The van der Waals surface area contributed by atoms with Gasteiger partial charge in [-0.3, -0.25) is 0 Å². The molecule has 0 aliphatic carbocycles. The Bertz CT molecular complexity index is 149. The predicted molar refractivity (Wildman–Crippen MR) is 68.7 cm³/mol. The van der Waals surface area contributed by atoms with Gasteiger partial charge in [-0.25, -0.2) is 0 Å². The highest BCUT2D eigenvalue weighted by Gasteiger charge is 2.15. The fourth-order valence-corrected chi connectivity index (χ4v) is 2.38. The van der Waals surface area contributed by atoms with Crippen molar-refractivity contribution in [1.29, 1.82) is 0 Å². The summed E-state index contributed by atoms with van der Waals surface area (Å²) in [5, 5.41) is 0. The molecular weight excluding hydrogens is 206 g/mol. The van der Waals surface area contributed by atoms with E-state index >= 15 is 0 Å². The minimum absolute atomic E-state index is 0.772. The Labute approximate surface area is 99.8 Å². The van der Waals surface area contributed by atoms with Crippen LogP contribution >= 0.6 is 12.6 Å². The summed E-state index contributed by atoms with van der Waals surface area (Å²) >= 11 is 4.22. The average molecular weight is 231 g/mol. The number of rotatable bonds is 7. The normalized spacial score (nSPS) is 22.2. The summed E-state index contributed by atoms with van der Waals surface area (Å²) in [6, 6.07) is 0. The van der Waals surface area contributed by atoms with Crippen molar-refractivity contribution in [2.75, 3.05) is 39.1 Å². The molecule has 1 rings (SSSR count). The number of nitrogens with zero attached hydrogens (tertiary/aromatic N) is 1. The SMILES string of the molecule is CN(CCCCCS)CC1CCCOC1. The van der Waals surface area contributed by atoms with Gasteiger partial charge in [0.2, 0.25) is 0 Å². The molecule has 0 amide bonds. The lowest BCUT2D eigenvalue weighted by Crippen LogP contribution is -2.31. The van der Waals surface area contributed by atoms with Crippen molar-refractivity contribution in [2.24, 2.45) is 5.92 Å². The zero-order valence-corrected chi connectivity index (χ0v) is 10.8. The molecule has 15 heavy (non-hydrogen) atoms. The van der Waals surface area contributed by atoms with E-state index in [1.54, 1.807) is 0 Å². The average Bonchev–Trinajstić information content (AvgIpc) is 2.26. The maximum atomic E-state index is 5.49. The largest absolute Gasteiger partial charge is 0.381 e. The van der Waals surface area contributed by atoms with Crippen LogP contribution in [0.3, 0.4) is 0 Å². The molecule has 1 atom stereocenters. The number of ether oxygens (including phenoxy) is 1. The lowest BCUT2D eigenvalue weighted by atomic mass is 10.0. The molecule has 0 spiro atoms. The maximum Gasteiger partial charge on any atom is 0.0506 e. The van der Waals surface area contributed by atoms with Crippen LogP contribution in [0.4, 0.5) is 0 Å². The standard InChI is InChI=1S/C12H25NOS/c1-13(7-3-2-4-9-15)10-12-6-5-8-14-11-12/h12,15H,2-11H2,1H3. The molecule has 0 bridgehead atoms. The van der Waals surface area contributed by atoms with Crippen LogP contribution in [0.2, 0.25) is 0 Å². The molecule has 3 heteroatoms. The van der Waals surface area contributed by atoms with E-state index in [-0.39, 0.29) is 0 Å². The van der Waals surface area contributed by atoms with Crippen LogP contribution in [0.5, 0.6) is 0 Å². The predicted octanol–water partition coefficient (Wildman–Crippen LogP) is 2.44. The van der Waals surface area contributed by atoms with E-state index in [0.717, 1.165) is 24.9 Å². The molecule has 0 radical (unpaired) electrons. The molecule has 90 valence electrons. The quantitative estimate of drug-likeness (QED) is 0.534. The Kier molecular flexibility index (Phi) is 7.49. The Balaban J connectivity index is 1.98. The van der Waals surface area contributed by atoms with Gasteiger partial charge in [0.15, 0.2) is 0 Å². The number of hydrogen-bond acceptors (Lipinski definition) is 3. The van der Waals surface area contributed by atoms with E-state index in [4.69, 9.17) is 4.74 Å². The molecule has 1 saturated heterocycles. The topological polar surface area (TPSA) is 12.5 Å². The minimum Gasteiger partial charge on any atom is -0.381 e. The van der Waals surface area contributed by atoms with Gasteiger partial charge < -0.3 is 9.64 Å². The van der Waals surface area contributed by atoms with Crippen molar-refractivity contribution in [3.8, 4) is 0 Å². The molecule has 0 saturated carbocycles. The van der Waals surface area contributed by atoms with Crippen LogP contribution in [-0.2, 0) is 4.74 Å². The summed E-state index contributed by atoms with van der Waals surface area (Å²) in [5.74, 6) is 1.80. The highest BCUT2D eigenvalue weighted by molar-refractivity contribution is 7.80. The number of thiol groups is 1. The number of hydrogen-bond donors (Lipinski definition) is 1. The van der Waals surface area contributed by atoms with Gasteiger partial charge >= 0.3 is 0 Å². The molecular formula is C12H25NOS. The van der Waals surface area contributed by atoms with Gasteiger partial charge in [0.1, 0.15) is 0 Å². The first-order chi connectivity index (χ1) is 7.33. The summed E-state index contributed by atoms with van der Waals surface area (Å²) < 4.78 is 5.49. The first-order valence-electron chi connectivity index (χ1n) is 6.20. The van der Waals surface area contributed by atoms with Gasteiger partial charge in [-0.05, 0) is 50.9 Å². The zero-order chi connectivity index (χ0) is 10.9. The molecule has 1 heterocycles. The third-order valence-electron chi connectivity index (χ3n) is 3.02. The molecule has 1 aliphatic rings. The van der Waals surface area contributed by atoms with Gasteiger partial charge in [0, 0.05) is 13.2 Å². The Morgan fingerprint density at radius 2 is 2.20 bits per heavy atom. The van der Waals surface area contributed by atoms with Crippen molar-refractivity contribution in [3.05, 3.63) is 0 Å². The van der Waals surface area contributed by atoms with Crippen LogP contribution in [-0.4, -0.2) is 44.0 Å². The second-order valence-electron chi connectivity index (χ2n) is 4.63. The van der Waals surface area contributed by atoms with Crippen LogP contribution < -0.4 is 0 Å². The molecule has 0 aromatic heterocycles. The summed E-state index contributed by atoms with van der Waals surface area (Å²) in [4.78, 5) is 2.46. The van der Waals surface area contributed by atoms with E-state index < -0.39 is 0 Å². The van der Waals surface area contributed by atoms with Gasteiger partial charge in [-0.15, -0.1) is 0 Å². The van der Waals surface area contributed by atoms with Crippen molar-refractivity contribution in [3.63, 3.8) is 0 Å². The van der Waals surface area contributed by atoms with E-state index in [2.05, 4.69) is 24.6 Å². The number of unbranched alkanes of at least 4 members (excludes halogenated alkanes) is 2. The molecule has 2 nitrogen and oxygen atoms in total. The van der Waals surface area contributed by atoms with Gasteiger partial charge in [-0.1, -0.05) is 6.42 Å². The van der Waals surface area contributed by atoms with Gasteiger partial charge in [0.05, 0.1) is 6.61 Å². The third-order valence-corrected chi connectivity index (χ3v) is 3.34. The van der Waals surface area contributed by atoms with E-state index in [0.29, 0.717) is 0 Å². The van der Waals surface area contributed by atoms with Crippen molar-refractivity contribution >= 4 is 12.6 Å². The highest BCUT2D eigenvalue weighted by Crippen LogP contribution is 2.14. The van der Waals surface area contributed by atoms with Gasteiger partial charge in [-0.2, -0.15) is 12.6 Å². The second kappa shape index (κ2) is 8.43. The smallest absolute Gasteiger partial charge is 0.0506 e. The van der Waals surface area contributed by atoms with Crippen molar-refractivity contribution < 1.29 is 4.74 Å².